The van der Waals surface area contributed by atoms with Gasteiger partial charge in [0.15, 0.2) is 0 Å². The number of amides is 1. The molecule has 0 unspecified atom stereocenters. The second-order valence-electron chi connectivity index (χ2n) is 7.23. The molecule has 0 atom stereocenters. The van der Waals surface area contributed by atoms with Gasteiger partial charge in [-0.3, -0.25) is 9.10 Å². The molecule has 0 aromatic heterocycles. The zero-order valence-electron chi connectivity index (χ0n) is 18.7. The fourth-order valence-corrected chi connectivity index (χ4v) is 4.54. The van der Waals surface area contributed by atoms with Crippen LogP contribution in [0.15, 0.2) is 71.6 Å². The maximum Gasteiger partial charge on any atom is 0.337 e. The van der Waals surface area contributed by atoms with Crippen molar-refractivity contribution in [1.82, 2.24) is 0 Å². The van der Waals surface area contributed by atoms with Gasteiger partial charge in [-0.2, -0.15) is 0 Å². The molecule has 0 saturated heterocycles. The number of sulfonamides is 1. The van der Waals surface area contributed by atoms with Crippen LogP contribution in [0.5, 0.6) is 5.75 Å². The molecule has 0 fully saturated rings. The van der Waals surface area contributed by atoms with Crippen LogP contribution in [0.4, 0.5) is 15.8 Å². The average Bonchev–Trinajstić information content (AvgIpc) is 2.84. The molecule has 178 valence electrons. The van der Waals surface area contributed by atoms with Crippen molar-refractivity contribution in [2.45, 2.75) is 11.8 Å². The molecule has 0 spiro atoms. The van der Waals surface area contributed by atoms with Gasteiger partial charge in [0.1, 0.15) is 18.1 Å². The first-order valence-corrected chi connectivity index (χ1v) is 11.5. The zero-order valence-corrected chi connectivity index (χ0v) is 19.6. The van der Waals surface area contributed by atoms with E-state index < -0.39 is 34.3 Å². The molecule has 3 aromatic rings. The SMILES string of the molecule is COC(=O)c1ccc(C)c(NC(=O)CN(c2ccc(F)cc2)S(=O)(=O)c2ccc(OC)cc2)c1. The first-order valence-electron chi connectivity index (χ1n) is 10.1. The Morgan fingerprint density at radius 2 is 1.62 bits per heavy atom. The molecule has 1 N–H and O–H groups in total. The van der Waals surface area contributed by atoms with E-state index in [0.29, 0.717) is 17.0 Å². The number of hydrogen-bond donors (Lipinski definition) is 1. The standard InChI is InChI=1S/C24H23FN2O6S/c1-16-4-5-17(24(29)33-3)14-22(16)26-23(28)15-27(19-8-6-18(25)7-9-19)34(30,31)21-12-10-20(32-2)11-13-21/h4-14H,15H2,1-3H3,(H,26,28). The number of rotatable bonds is 8. The van der Waals surface area contributed by atoms with Crippen molar-refractivity contribution in [1.29, 1.82) is 0 Å². The Morgan fingerprint density at radius 1 is 0.971 bits per heavy atom. The Bertz CT molecular complexity index is 1290. The summed E-state index contributed by atoms with van der Waals surface area (Å²) in [6, 6.07) is 15.1. The lowest BCUT2D eigenvalue weighted by atomic mass is 10.1. The number of methoxy groups -OCH3 is 2. The van der Waals surface area contributed by atoms with Crippen LogP contribution in [0.25, 0.3) is 0 Å². The first kappa shape index (κ1) is 24.7. The van der Waals surface area contributed by atoms with Crippen LogP contribution in [0.2, 0.25) is 0 Å². The molecule has 10 heteroatoms. The van der Waals surface area contributed by atoms with Gasteiger partial charge in [-0.15, -0.1) is 0 Å². The number of anilines is 2. The number of carbonyl (C=O) groups is 2. The predicted molar refractivity (Wildman–Crippen MR) is 125 cm³/mol. The van der Waals surface area contributed by atoms with Gasteiger partial charge in [-0.05, 0) is 73.2 Å². The number of benzene rings is 3. The summed E-state index contributed by atoms with van der Waals surface area (Å²) in [4.78, 5) is 24.7. The summed E-state index contributed by atoms with van der Waals surface area (Å²) in [5.74, 6) is -1.33. The molecule has 0 heterocycles. The molecule has 8 nitrogen and oxygen atoms in total. The van der Waals surface area contributed by atoms with E-state index in [9.17, 15) is 22.4 Å². The smallest absolute Gasteiger partial charge is 0.337 e. The minimum atomic E-state index is -4.19. The van der Waals surface area contributed by atoms with Crippen molar-refractivity contribution < 1.29 is 31.9 Å². The second-order valence-corrected chi connectivity index (χ2v) is 9.10. The van der Waals surface area contributed by atoms with Crippen molar-refractivity contribution in [3.05, 3.63) is 83.7 Å². The summed E-state index contributed by atoms with van der Waals surface area (Å²) in [7, 11) is -1.50. The molecular weight excluding hydrogens is 463 g/mol. The highest BCUT2D eigenvalue weighted by atomic mass is 32.2. The molecule has 0 radical (unpaired) electrons. The third-order valence-corrected chi connectivity index (χ3v) is 6.77. The first-order chi connectivity index (χ1) is 16.1. The summed E-state index contributed by atoms with van der Waals surface area (Å²) in [5, 5.41) is 2.64. The fourth-order valence-electron chi connectivity index (χ4n) is 3.12. The number of nitrogens with one attached hydrogen (secondary N) is 1. The average molecular weight is 487 g/mol. The van der Waals surface area contributed by atoms with Crippen LogP contribution < -0.4 is 14.4 Å². The van der Waals surface area contributed by atoms with Crippen LogP contribution in [-0.2, 0) is 19.6 Å². The third kappa shape index (κ3) is 5.52. The van der Waals surface area contributed by atoms with E-state index in [1.165, 1.54) is 56.7 Å². The number of aryl methyl sites for hydroxylation is 1. The maximum atomic E-state index is 13.5. The topological polar surface area (TPSA) is 102 Å². The highest BCUT2D eigenvalue weighted by Gasteiger charge is 2.27. The molecule has 3 aromatic carbocycles. The van der Waals surface area contributed by atoms with Gasteiger partial charge in [0.05, 0.1) is 30.4 Å². The van der Waals surface area contributed by atoms with Crippen LogP contribution in [0.3, 0.4) is 0 Å². The van der Waals surface area contributed by atoms with Crippen molar-refractivity contribution in [3.8, 4) is 5.75 Å². The Morgan fingerprint density at radius 3 is 2.21 bits per heavy atom. The van der Waals surface area contributed by atoms with Gasteiger partial charge < -0.3 is 14.8 Å². The Balaban J connectivity index is 1.94. The number of halogens is 1. The summed E-state index contributed by atoms with van der Waals surface area (Å²) < 4.78 is 50.9. The lowest BCUT2D eigenvalue weighted by Crippen LogP contribution is -2.38. The largest absolute Gasteiger partial charge is 0.497 e. The molecular formula is C24H23FN2O6S. The van der Waals surface area contributed by atoms with Crippen LogP contribution in [0, 0.1) is 12.7 Å². The van der Waals surface area contributed by atoms with Gasteiger partial charge in [-0.1, -0.05) is 6.07 Å². The highest BCUT2D eigenvalue weighted by molar-refractivity contribution is 7.92. The molecule has 34 heavy (non-hydrogen) atoms. The monoisotopic (exact) mass is 486 g/mol. The van der Waals surface area contributed by atoms with Gasteiger partial charge in [-0.25, -0.2) is 17.6 Å². The van der Waals surface area contributed by atoms with E-state index in [2.05, 4.69) is 5.32 Å². The number of hydrogen-bond acceptors (Lipinski definition) is 6. The van der Waals surface area contributed by atoms with Gasteiger partial charge in [0, 0.05) is 5.69 Å². The number of esters is 1. The van der Waals surface area contributed by atoms with E-state index in [0.717, 1.165) is 16.4 Å². The normalized spacial score (nSPS) is 10.9. The fraction of sp³-hybridized carbons (Fsp3) is 0.167. The molecule has 3 rings (SSSR count). The summed E-state index contributed by atoms with van der Waals surface area (Å²) in [6.45, 7) is 1.13. The molecule has 0 bridgehead atoms. The Labute approximate surface area is 197 Å². The predicted octanol–water partition coefficient (Wildman–Crippen LogP) is 3.76. The van der Waals surface area contributed by atoms with E-state index >= 15 is 0 Å². The molecule has 0 saturated carbocycles. The van der Waals surface area contributed by atoms with Crippen molar-refractivity contribution in [2.75, 3.05) is 30.4 Å². The quantitative estimate of drug-likeness (QED) is 0.487. The van der Waals surface area contributed by atoms with E-state index in [4.69, 9.17) is 9.47 Å². The Kier molecular flexibility index (Phi) is 7.52. The minimum absolute atomic E-state index is 0.0747. The zero-order chi connectivity index (χ0) is 24.9. The molecule has 0 aliphatic carbocycles. The Hall–Kier alpha value is -3.92. The van der Waals surface area contributed by atoms with Gasteiger partial charge in [0.25, 0.3) is 10.0 Å². The summed E-state index contributed by atoms with van der Waals surface area (Å²) >= 11 is 0. The summed E-state index contributed by atoms with van der Waals surface area (Å²) in [6.07, 6.45) is 0. The van der Waals surface area contributed by atoms with Gasteiger partial charge >= 0.3 is 5.97 Å². The van der Waals surface area contributed by atoms with Crippen molar-refractivity contribution >= 4 is 33.3 Å². The van der Waals surface area contributed by atoms with E-state index in [-0.39, 0.29) is 16.1 Å². The number of carbonyl (C=O) groups excluding carboxylic acids is 2. The number of nitrogens with zero attached hydrogens (tertiary/aromatic N) is 1. The van der Waals surface area contributed by atoms with Gasteiger partial charge in [0.2, 0.25) is 5.91 Å². The lowest BCUT2D eigenvalue weighted by molar-refractivity contribution is -0.114. The van der Waals surface area contributed by atoms with Crippen molar-refractivity contribution in [3.63, 3.8) is 0 Å². The number of ether oxygens (including phenoxy) is 2. The lowest BCUT2D eigenvalue weighted by Gasteiger charge is -2.24. The van der Waals surface area contributed by atoms with E-state index in [1.807, 2.05) is 0 Å². The minimum Gasteiger partial charge on any atom is -0.497 e. The second kappa shape index (κ2) is 10.3. The van der Waals surface area contributed by atoms with Crippen LogP contribution >= 0.6 is 0 Å². The highest BCUT2D eigenvalue weighted by Crippen LogP contribution is 2.26. The van der Waals surface area contributed by atoms with Crippen LogP contribution in [-0.4, -0.2) is 41.1 Å². The molecule has 0 aliphatic heterocycles. The molecule has 1 amide bonds. The summed E-state index contributed by atoms with van der Waals surface area (Å²) in [5.41, 5.74) is 1.32. The third-order valence-electron chi connectivity index (χ3n) is 4.98. The maximum absolute atomic E-state index is 13.5. The van der Waals surface area contributed by atoms with Crippen molar-refractivity contribution in [2.24, 2.45) is 0 Å². The van der Waals surface area contributed by atoms with Crippen LogP contribution in [0.1, 0.15) is 15.9 Å². The molecule has 0 aliphatic rings. The van der Waals surface area contributed by atoms with E-state index in [1.54, 1.807) is 19.1 Å².